The van der Waals surface area contributed by atoms with Crippen molar-refractivity contribution >= 4 is 29.3 Å². The van der Waals surface area contributed by atoms with E-state index < -0.39 is 5.37 Å². The molecular formula is C27H34N6O2S. The minimum Gasteiger partial charge on any atom is -0.339 e. The summed E-state index contributed by atoms with van der Waals surface area (Å²) in [7, 11) is 3.97. The van der Waals surface area contributed by atoms with E-state index in [2.05, 4.69) is 39.8 Å². The number of anilines is 1. The summed E-state index contributed by atoms with van der Waals surface area (Å²) < 4.78 is 0. The first-order valence-corrected chi connectivity index (χ1v) is 12.8. The number of likely N-dealkylation sites (N-methyl/N-ethyl adjacent to an activating group) is 1. The van der Waals surface area contributed by atoms with Crippen molar-refractivity contribution in [2.75, 3.05) is 39.0 Å². The molecule has 0 saturated heterocycles. The van der Waals surface area contributed by atoms with Gasteiger partial charge >= 0.3 is 0 Å². The standard InChI is InChI=1S/C27H34N6O2S/c1-19(2)21-7-5-8-22(17-21)31-25(35)23-9-6-12-30-27(23)36-26(20-10-13-28-14-11-20)32-24(34)18-29-15-16-33(3)4/h5-14,17,19,26,29H,15-16,18H2,1-4H3,(H,31,35)(H,32,34). The maximum absolute atomic E-state index is 13.2. The van der Waals surface area contributed by atoms with Crippen LogP contribution in [0.2, 0.25) is 0 Å². The Kier molecular flexibility index (Phi) is 10.4. The van der Waals surface area contributed by atoms with Crippen LogP contribution < -0.4 is 16.0 Å². The fraction of sp³-hybridized carbons (Fsp3) is 0.333. The van der Waals surface area contributed by atoms with E-state index in [4.69, 9.17) is 0 Å². The van der Waals surface area contributed by atoms with E-state index in [1.54, 1.807) is 30.7 Å². The maximum Gasteiger partial charge on any atom is 0.258 e. The highest BCUT2D eigenvalue weighted by molar-refractivity contribution is 7.99. The van der Waals surface area contributed by atoms with E-state index in [0.717, 1.165) is 23.4 Å². The zero-order valence-corrected chi connectivity index (χ0v) is 22.0. The molecule has 0 bridgehead atoms. The number of hydrogen-bond donors (Lipinski definition) is 3. The van der Waals surface area contributed by atoms with Crippen LogP contribution in [0.15, 0.2) is 72.1 Å². The Morgan fingerprint density at radius 3 is 2.50 bits per heavy atom. The number of nitrogens with one attached hydrogen (secondary N) is 3. The van der Waals surface area contributed by atoms with Crippen molar-refractivity contribution in [1.82, 2.24) is 25.5 Å². The van der Waals surface area contributed by atoms with E-state index in [9.17, 15) is 9.59 Å². The number of hydrogen-bond acceptors (Lipinski definition) is 7. The second-order valence-electron chi connectivity index (χ2n) is 8.92. The van der Waals surface area contributed by atoms with Gasteiger partial charge in [0.1, 0.15) is 10.4 Å². The van der Waals surface area contributed by atoms with Gasteiger partial charge in [-0.25, -0.2) is 4.98 Å². The average Bonchev–Trinajstić information content (AvgIpc) is 2.87. The molecular weight excluding hydrogens is 472 g/mol. The minimum atomic E-state index is -0.443. The average molecular weight is 507 g/mol. The molecule has 0 saturated carbocycles. The van der Waals surface area contributed by atoms with Crippen LogP contribution in [0.25, 0.3) is 0 Å². The summed E-state index contributed by atoms with van der Waals surface area (Å²) in [5, 5.41) is 9.28. The monoisotopic (exact) mass is 506 g/mol. The van der Waals surface area contributed by atoms with Gasteiger partial charge in [-0.05, 0) is 67.5 Å². The van der Waals surface area contributed by atoms with Gasteiger partial charge in [0.05, 0.1) is 12.1 Å². The molecule has 0 radical (unpaired) electrons. The van der Waals surface area contributed by atoms with E-state index in [-0.39, 0.29) is 18.4 Å². The predicted molar refractivity (Wildman–Crippen MR) is 145 cm³/mol. The Bertz CT molecular complexity index is 1140. The van der Waals surface area contributed by atoms with Crippen molar-refractivity contribution in [3.8, 4) is 0 Å². The molecule has 1 unspecified atom stereocenters. The highest BCUT2D eigenvalue weighted by atomic mass is 32.2. The van der Waals surface area contributed by atoms with Gasteiger partial charge in [-0.2, -0.15) is 0 Å². The van der Waals surface area contributed by atoms with E-state index in [0.29, 0.717) is 23.1 Å². The molecule has 0 aliphatic rings. The summed E-state index contributed by atoms with van der Waals surface area (Å²) in [6.07, 6.45) is 5.00. The molecule has 3 rings (SSSR count). The number of amides is 2. The van der Waals surface area contributed by atoms with Crippen molar-refractivity contribution in [2.24, 2.45) is 0 Å². The van der Waals surface area contributed by atoms with Crippen LogP contribution in [0.3, 0.4) is 0 Å². The summed E-state index contributed by atoms with van der Waals surface area (Å²) in [5.74, 6) is -0.0411. The number of carbonyl (C=O) groups is 2. The first-order chi connectivity index (χ1) is 17.3. The highest BCUT2D eigenvalue weighted by Gasteiger charge is 2.21. The van der Waals surface area contributed by atoms with E-state index >= 15 is 0 Å². The molecule has 9 heteroatoms. The number of carbonyl (C=O) groups excluding carboxylic acids is 2. The number of nitrogens with zero attached hydrogens (tertiary/aromatic N) is 3. The molecule has 0 aliphatic carbocycles. The summed E-state index contributed by atoms with van der Waals surface area (Å²) in [6, 6.07) is 15.0. The number of benzene rings is 1. The summed E-state index contributed by atoms with van der Waals surface area (Å²) in [5.41, 5.74) is 3.18. The Morgan fingerprint density at radius 2 is 1.78 bits per heavy atom. The normalized spacial score (nSPS) is 11.9. The maximum atomic E-state index is 13.2. The molecule has 2 amide bonds. The molecule has 3 aromatic rings. The fourth-order valence-electron chi connectivity index (χ4n) is 3.36. The molecule has 0 spiro atoms. The SMILES string of the molecule is CC(C)c1cccc(NC(=O)c2cccnc2SC(NC(=O)CNCCN(C)C)c2ccncc2)c1. The Labute approximate surface area is 217 Å². The van der Waals surface area contributed by atoms with Crippen molar-refractivity contribution < 1.29 is 9.59 Å². The Balaban J connectivity index is 1.76. The number of thioether (sulfide) groups is 1. The fourth-order valence-corrected chi connectivity index (χ4v) is 4.48. The van der Waals surface area contributed by atoms with Crippen LogP contribution in [0, 0.1) is 0 Å². The number of aromatic nitrogens is 2. The van der Waals surface area contributed by atoms with Crippen molar-refractivity contribution in [1.29, 1.82) is 0 Å². The zero-order valence-electron chi connectivity index (χ0n) is 21.2. The molecule has 190 valence electrons. The van der Waals surface area contributed by atoms with Gasteiger partial charge in [-0.15, -0.1) is 0 Å². The lowest BCUT2D eigenvalue weighted by Crippen LogP contribution is -2.37. The van der Waals surface area contributed by atoms with Crippen LogP contribution >= 0.6 is 11.8 Å². The second kappa shape index (κ2) is 13.7. The van der Waals surface area contributed by atoms with Crippen molar-refractivity contribution in [3.63, 3.8) is 0 Å². The molecule has 8 nitrogen and oxygen atoms in total. The van der Waals surface area contributed by atoms with Crippen LogP contribution in [0.1, 0.15) is 46.6 Å². The molecule has 2 aromatic heterocycles. The molecule has 3 N–H and O–H groups in total. The lowest BCUT2D eigenvalue weighted by atomic mass is 10.0. The van der Waals surface area contributed by atoms with E-state index in [1.807, 2.05) is 55.4 Å². The molecule has 0 fully saturated rings. The van der Waals surface area contributed by atoms with Gasteiger partial charge < -0.3 is 20.9 Å². The predicted octanol–water partition coefficient (Wildman–Crippen LogP) is 3.91. The van der Waals surface area contributed by atoms with Crippen LogP contribution in [0.5, 0.6) is 0 Å². The Morgan fingerprint density at radius 1 is 1.00 bits per heavy atom. The first kappa shape index (κ1) is 27.3. The third-order valence-corrected chi connectivity index (χ3v) is 6.55. The van der Waals surface area contributed by atoms with Crippen LogP contribution in [-0.4, -0.2) is 60.4 Å². The molecule has 2 heterocycles. The quantitative estimate of drug-likeness (QED) is 0.195. The lowest BCUT2D eigenvalue weighted by molar-refractivity contribution is -0.120. The lowest BCUT2D eigenvalue weighted by Gasteiger charge is -2.20. The second-order valence-corrected chi connectivity index (χ2v) is 10.0. The third-order valence-electron chi connectivity index (χ3n) is 5.38. The largest absolute Gasteiger partial charge is 0.339 e. The van der Waals surface area contributed by atoms with Gasteiger partial charge in [0, 0.05) is 37.4 Å². The van der Waals surface area contributed by atoms with Gasteiger partial charge in [0.15, 0.2) is 0 Å². The first-order valence-electron chi connectivity index (χ1n) is 11.9. The minimum absolute atomic E-state index is 0.143. The van der Waals surface area contributed by atoms with Crippen molar-refractivity contribution in [3.05, 3.63) is 83.8 Å². The summed E-state index contributed by atoms with van der Waals surface area (Å²) in [6.45, 7) is 5.96. The smallest absolute Gasteiger partial charge is 0.258 e. The topological polar surface area (TPSA) is 99.2 Å². The van der Waals surface area contributed by atoms with Crippen LogP contribution in [0.4, 0.5) is 5.69 Å². The van der Waals surface area contributed by atoms with Crippen LogP contribution in [-0.2, 0) is 4.79 Å². The van der Waals surface area contributed by atoms with E-state index in [1.165, 1.54) is 11.8 Å². The van der Waals surface area contributed by atoms with Gasteiger partial charge in [-0.3, -0.25) is 14.6 Å². The molecule has 1 aromatic carbocycles. The molecule has 36 heavy (non-hydrogen) atoms. The number of rotatable bonds is 12. The van der Waals surface area contributed by atoms with Gasteiger partial charge in [0.25, 0.3) is 5.91 Å². The van der Waals surface area contributed by atoms with Gasteiger partial charge in [-0.1, -0.05) is 37.7 Å². The number of pyridine rings is 2. The highest BCUT2D eigenvalue weighted by Crippen LogP contribution is 2.34. The molecule has 1 atom stereocenters. The Hall–Kier alpha value is -3.27. The van der Waals surface area contributed by atoms with Gasteiger partial charge in [0.2, 0.25) is 5.91 Å². The summed E-state index contributed by atoms with van der Waals surface area (Å²) >= 11 is 1.32. The molecule has 0 aliphatic heterocycles. The van der Waals surface area contributed by atoms with Crippen molar-refractivity contribution in [2.45, 2.75) is 30.2 Å². The zero-order chi connectivity index (χ0) is 25.9. The third kappa shape index (κ3) is 8.44. The summed E-state index contributed by atoms with van der Waals surface area (Å²) in [4.78, 5) is 36.5.